The molecule has 1 fully saturated rings. The molecule has 1 unspecified atom stereocenters. The summed E-state index contributed by atoms with van der Waals surface area (Å²) in [6.07, 6.45) is 2.07. The van der Waals surface area contributed by atoms with Gasteiger partial charge < -0.3 is 10.4 Å². The van der Waals surface area contributed by atoms with Crippen molar-refractivity contribution in [1.82, 2.24) is 10.2 Å². The number of benzene rings is 1. The summed E-state index contributed by atoms with van der Waals surface area (Å²) in [5.41, 5.74) is 0. The average molecular weight is 294 g/mol. The van der Waals surface area contributed by atoms with Gasteiger partial charge in [-0.15, -0.1) is 11.8 Å². The number of thioether (sulfide) groups is 1. The Bertz CT molecular complexity index is 414. The van der Waals surface area contributed by atoms with Gasteiger partial charge in [0.05, 0.1) is 13.2 Å². The fourth-order valence-corrected chi connectivity index (χ4v) is 3.22. The fraction of sp³-hybridized carbons (Fsp3) is 0.533. The minimum Gasteiger partial charge on any atom is -0.395 e. The molecule has 1 aromatic rings. The minimum absolute atomic E-state index is 0.0546. The first kappa shape index (κ1) is 15.4. The molecule has 0 radical (unpaired) electrons. The molecule has 0 aliphatic carbocycles. The van der Waals surface area contributed by atoms with Crippen LogP contribution in [0.3, 0.4) is 0 Å². The number of amides is 1. The van der Waals surface area contributed by atoms with Gasteiger partial charge in [-0.3, -0.25) is 9.69 Å². The fourth-order valence-electron chi connectivity index (χ4n) is 2.43. The van der Waals surface area contributed by atoms with Crippen molar-refractivity contribution < 1.29 is 9.90 Å². The van der Waals surface area contributed by atoms with Gasteiger partial charge in [0, 0.05) is 23.2 Å². The molecule has 1 atom stereocenters. The predicted molar refractivity (Wildman–Crippen MR) is 81.9 cm³/mol. The van der Waals surface area contributed by atoms with Gasteiger partial charge in [-0.2, -0.15) is 0 Å². The molecular formula is C15H22N2O2S. The Hall–Kier alpha value is -1.04. The summed E-state index contributed by atoms with van der Waals surface area (Å²) in [7, 11) is 0. The van der Waals surface area contributed by atoms with Crippen molar-refractivity contribution in [1.29, 1.82) is 0 Å². The molecule has 1 aliphatic heterocycles. The van der Waals surface area contributed by atoms with Crippen LogP contribution in [0.4, 0.5) is 0 Å². The lowest BCUT2D eigenvalue weighted by molar-refractivity contribution is -0.122. The summed E-state index contributed by atoms with van der Waals surface area (Å²) >= 11 is 1.74. The third-order valence-electron chi connectivity index (χ3n) is 3.49. The molecule has 0 spiro atoms. The van der Waals surface area contributed by atoms with E-state index in [1.54, 1.807) is 11.8 Å². The van der Waals surface area contributed by atoms with Crippen LogP contribution < -0.4 is 5.32 Å². The zero-order valence-electron chi connectivity index (χ0n) is 11.6. The molecule has 1 saturated heterocycles. The second kappa shape index (κ2) is 8.29. The van der Waals surface area contributed by atoms with Crippen LogP contribution in [0.25, 0.3) is 0 Å². The van der Waals surface area contributed by atoms with Crippen LogP contribution >= 0.6 is 11.8 Å². The first-order chi connectivity index (χ1) is 9.79. The number of carbonyl (C=O) groups excluding carboxylic acids is 1. The first-order valence-corrected chi connectivity index (χ1v) is 8.07. The molecule has 20 heavy (non-hydrogen) atoms. The van der Waals surface area contributed by atoms with E-state index < -0.39 is 0 Å². The second-order valence-electron chi connectivity index (χ2n) is 4.96. The quantitative estimate of drug-likeness (QED) is 0.589. The third-order valence-corrected chi connectivity index (χ3v) is 4.51. The molecule has 110 valence electrons. The molecule has 1 heterocycles. The highest BCUT2D eigenvalue weighted by Gasteiger charge is 2.25. The predicted octanol–water partition coefficient (Wildman–Crippen LogP) is 1.35. The van der Waals surface area contributed by atoms with Gasteiger partial charge in [0.2, 0.25) is 5.91 Å². The molecule has 2 N–H and O–H groups in total. The van der Waals surface area contributed by atoms with Crippen molar-refractivity contribution in [2.45, 2.75) is 23.8 Å². The van der Waals surface area contributed by atoms with Crippen LogP contribution in [-0.2, 0) is 4.79 Å². The number of carbonyl (C=O) groups is 1. The Labute approximate surface area is 124 Å². The lowest BCUT2D eigenvalue weighted by Gasteiger charge is -2.21. The highest BCUT2D eigenvalue weighted by molar-refractivity contribution is 7.99. The van der Waals surface area contributed by atoms with Gasteiger partial charge in [0.25, 0.3) is 0 Å². The van der Waals surface area contributed by atoms with E-state index in [0.29, 0.717) is 13.1 Å². The summed E-state index contributed by atoms with van der Waals surface area (Å²) in [4.78, 5) is 15.1. The van der Waals surface area contributed by atoms with E-state index in [4.69, 9.17) is 0 Å². The topological polar surface area (TPSA) is 52.6 Å². The van der Waals surface area contributed by atoms with E-state index >= 15 is 0 Å². The van der Waals surface area contributed by atoms with E-state index in [2.05, 4.69) is 22.3 Å². The normalized spacial score (nSPS) is 19.1. The molecule has 4 nitrogen and oxygen atoms in total. The van der Waals surface area contributed by atoms with Gasteiger partial charge in [-0.1, -0.05) is 18.2 Å². The number of nitrogens with zero attached hydrogens (tertiary/aromatic N) is 1. The van der Waals surface area contributed by atoms with Gasteiger partial charge in [0.15, 0.2) is 0 Å². The van der Waals surface area contributed by atoms with Gasteiger partial charge in [-0.25, -0.2) is 0 Å². The van der Waals surface area contributed by atoms with E-state index in [-0.39, 0.29) is 18.6 Å². The SMILES string of the molecule is O=C(CN1CCCC1CO)NCCSc1ccccc1. The Morgan fingerprint density at radius 2 is 2.20 bits per heavy atom. The van der Waals surface area contributed by atoms with Crippen molar-refractivity contribution in [2.75, 3.05) is 32.0 Å². The highest BCUT2D eigenvalue weighted by Crippen LogP contribution is 2.16. The zero-order chi connectivity index (χ0) is 14.2. The Kier molecular flexibility index (Phi) is 6.36. The lowest BCUT2D eigenvalue weighted by Crippen LogP contribution is -2.41. The van der Waals surface area contributed by atoms with Crippen molar-refractivity contribution in [3.63, 3.8) is 0 Å². The molecule has 0 bridgehead atoms. The second-order valence-corrected chi connectivity index (χ2v) is 6.13. The number of aliphatic hydroxyl groups excluding tert-OH is 1. The van der Waals surface area contributed by atoms with Crippen molar-refractivity contribution in [3.05, 3.63) is 30.3 Å². The summed E-state index contributed by atoms with van der Waals surface area (Å²) < 4.78 is 0. The molecule has 1 aliphatic rings. The summed E-state index contributed by atoms with van der Waals surface area (Å²) in [6.45, 7) is 2.14. The number of hydrogen-bond donors (Lipinski definition) is 2. The van der Waals surface area contributed by atoms with Gasteiger partial charge in [-0.05, 0) is 31.5 Å². The maximum atomic E-state index is 11.8. The van der Waals surface area contributed by atoms with Crippen LogP contribution in [0, 0.1) is 0 Å². The van der Waals surface area contributed by atoms with Gasteiger partial charge in [0.1, 0.15) is 0 Å². The van der Waals surface area contributed by atoms with Gasteiger partial charge >= 0.3 is 0 Å². The van der Waals surface area contributed by atoms with E-state index in [1.165, 1.54) is 4.90 Å². The average Bonchev–Trinajstić information content (AvgIpc) is 2.92. The third kappa shape index (κ3) is 4.81. The Morgan fingerprint density at radius 3 is 2.95 bits per heavy atom. The number of aliphatic hydroxyl groups is 1. The Balaban J connectivity index is 1.61. The van der Waals surface area contributed by atoms with E-state index in [0.717, 1.165) is 25.1 Å². The number of likely N-dealkylation sites (tertiary alicyclic amines) is 1. The van der Waals surface area contributed by atoms with E-state index in [1.807, 2.05) is 18.2 Å². The maximum absolute atomic E-state index is 11.8. The van der Waals surface area contributed by atoms with Crippen molar-refractivity contribution in [3.8, 4) is 0 Å². The van der Waals surface area contributed by atoms with Crippen LogP contribution in [0.5, 0.6) is 0 Å². The van der Waals surface area contributed by atoms with E-state index in [9.17, 15) is 9.90 Å². The molecule has 0 saturated carbocycles. The molecule has 2 rings (SSSR count). The Morgan fingerprint density at radius 1 is 1.40 bits per heavy atom. The van der Waals surface area contributed by atoms with Crippen LogP contribution in [0.2, 0.25) is 0 Å². The first-order valence-electron chi connectivity index (χ1n) is 7.09. The summed E-state index contributed by atoms with van der Waals surface area (Å²) in [5.74, 6) is 0.929. The van der Waals surface area contributed by atoms with Crippen LogP contribution in [-0.4, -0.2) is 53.9 Å². The molecular weight excluding hydrogens is 272 g/mol. The smallest absolute Gasteiger partial charge is 0.234 e. The molecule has 1 aromatic carbocycles. The van der Waals surface area contributed by atoms with Crippen molar-refractivity contribution >= 4 is 17.7 Å². The monoisotopic (exact) mass is 294 g/mol. The number of rotatable bonds is 7. The number of hydrogen-bond acceptors (Lipinski definition) is 4. The van der Waals surface area contributed by atoms with Crippen LogP contribution in [0.1, 0.15) is 12.8 Å². The molecule has 0 aromatic heterocycles. The van der Waals surface area contributed by atoms with Crippen LogP contribution in [0.15, 0.2) is 35.2 Å². The minimum atomic E-state index is 0.0546. The standard InChI is InChI=1S/C15H22N2O2S/c18-12-13-5-4-9-17(13)11-15(19)16-8-10-20-14-6-2-1-3-7-14/h1-3,6-7,13,18H,4-5,8-12H2,(H,16,19). The highest BCUT2D eigenvalue weighted by atomic mass is 32.2. The zero-order valence-corrected chi connectivity index (χ0v) is 12.4. The maximum Gasteiger partial charge on any atom is 0.234 e. The van der Waals surface area contributed by atoms with Crippen molar-refractivity contribution in [2.24, 2.45) is 0 Å². The molecule has 1 amide bonds. The lowest BCUT2D eigenvalue weighted by atomic mass is 10.2. The summed E-state index contributed by atoms with van der Waals surface area (Å²) in [5, 5.41) is 12.2. The number of nitrogens with one attached hydrogen (secondary N) is 1. The largest absolute Gasteiger partial charge is 0.395 e. The molecule has 5 heteroatoms. The summed E-state index contributed by atoms with van der Waals surface area (Å²) in [6, 6.07) is 10.3.